The fourth-order valence-corrected chi connectivity index (χ4v) is 4.00. The molecule has 174 valence electrons. The Morgan fingerprint density at radius 3 is 2.34 bits per heavy atom. The van der Waals surface area contributed by atoms with E-state index >= 15 is 0 Å². The average Bonchev–Trinajstić information content (AvgIpc) is 2.73. The van der Waals surface area contributed by atoms with Gasteiger partial charge in [-0.05, 0) is 63.8 Å². The van der Waals surface area contributed by atoms with Crippen LogP contribution in [0.3, 0.4) is 0 Å². The summed E-state index contributed by atoms with van der Waals surface area (Å²) in [5, 5.41) is 0. The summed E-state index contributed by atoms with van der Waals surface area (Å²) >= 11 is 0. The number of fused-ring (bicyclic) bond motifs is 1. The number of hydrogen-bond acceptors (Lipinski definition) is 5. The number of amides is 1. The van der Waals surface area contributed by atoms with Gasteiger partial charge in [-0.15, -0.1) is 0 Å². The van der Waals surface area contributed by atoms with Crippen LogP contribution in [0.4, 0.5) is 13.2 Å². The van der Waals surface area contributed by atoms with Crippen LogP contribution in [0.15, 0.2) is 16.9 Å². The van der Waals surface area contributed by atoms with Crippen molar-refractivity contribution in [3.8, 4) is 0 Å². The van der Waals surface area contributed by atoms with E-state index in [4.69, 9.17) is 4.74 Å². The predicted octanol–water partition coefficient (Wildman–Crippen LogP) is 3.39. The number of nitrogens with zero attached hydrogens (tertiary/aromatic N) is 3. The lowest BCUT2D eigenvalue weighted by molar-refractivity contribution is -0.151. The second-order valence-corrected chi connectivity index (χ2v) is 8.09. The first-order valence-corrected chi connectivity index (χ1v) is 10.5. The summed E-state index contributed by atoms with van der Waals surface area (Å²) < 4.78 is 46.5. The molecule has 10 heteroatoms. The Morgan fingerprint density at radius 2 is 1.78 bits per heavy atom. The molecule has 0 radical (unpaired) electrons. The standard InChI is InChI=1S/C22H26F3N3O4/c1-5-32-21(31)15-6-8-27(9-7-15)19(29)14(4)28-17-11-13(3)12(2)10-16(17)26-18(20(28)30)22(23,24)25/h10-11,14-15H,5-9H2,1-4H3/t14-/m0/s1. The van der Waals surface area contributed by atoms with Crippen LogP contribution in [0.25, 0.3) is 11.0 Å². The number of hydrogen-bond donors (Lipinski definition) is 0. The Labute approximate surface area is 183 Å². The van der Waals surface area contributed by atoms with Crippen molar-refractivity contribution in [2.24, 2.45) is 5.92 Å². The molecular formula is C22H26F3N3O4. The minimum atomic E-state index is -4.95. The summed E-state index contributed by atoms with van der Waals surface area (Å²) in [7, 11) is 0. The van der Waals surface area contributed by atoms with E-state index in [0.717, 1.165) is 15.7 Å². The normalized spacial score (nSPS) is 16.3. The third kappa shape index (κ3) is 4.49. The minimum absolute atomic E-state index is 0.000643. The third-order valence-electron chi connectivity index (χ3n) is 5.94. The largest absolute Gasteiger partial charge is 0.466 e. The first kappa shape index (κ1) is 23.7. The topological polar surface area (TPSA) is 81.5 Å². The fourth-order valence-electron chi connectivity index (χ4n) is 4.00. The number of benzene rings is 1. The van der Waals surface area contributed by atoms with E-state index < -0.39 is 29.4 Å². The molecule has 2 heterocycles. The van der Waals surface area contributed by atoms with Gasteiger partial charge in [-0.2, -0.15) is 13.2 Å². The number of aryl methyl sites for hydroxylation is 2. The quantitative estimate of drug-likeness (QED) is 0.663. The molecule has 1 aliphatic heterocycles. The van der Waals surface area contributed by atoms with Crippen LogP contribution in [0.2, 0.25) is 0 Å². The summed E-state index contributed by atoms with van der Waals surface area (Å²) in [4.78, 5) is 43.0. The monoisotopic (exact) mass is 453 g/mol. The van der Waals surface area contributed by atoms with Crippen molar-refractivity contribution in [3.63, 3.8) is 0 Å². The molecule has 1 saturated heterocycles. The highest BCUT2D eigenvalue weighted by Crippen LogP contribution is 2.29. The molecule has 0 spiro atoms. The molecule has 32 heavy (non-hydrogen) atoms. The van der Waals surface area contributed by atoms with Gasteiger partial charge in [-0.25, -0.2) is 4.98 Å². The average molecular weight is 453 g/mol. The zero-order valence-corrected chi connectivity index (χ0v) is 18.5. The molecule has 2 aromatic rings. The van der Waals surface area contributed by atoms with E-state index in [0.29, 0.717) is 12.8 Å². The molecule has 1 aromatic heterocycles. The fraction of sp³-hybridized carbons (Fsp3) is 0.545. The van der Waals surface area contributed by atoms with Crippen molar-refractivity contribution in [2.45, 2.75) is 52.8 Å². The number of alkyl halides is 3. The van der Waals surface area contributed by atoms with Crippen molar-refractivity contribution in [2.75, 3.05) is 19.7 Å². The number of piperidine rings is 1. The summed E-state index contributed by atoms with van der Waals surface area (Å²) in [6, 6.07) is 1.89. The molecule has 0 unspecified atom stereocenters. The SMILES string of the molecule is CCOC(=O)C1CCN(C(=O)[C@H](C)n2c(=O)c(C(F)(F)F)nc3cc(C)c(C)cc32)CC1. The lowest BCUT2D eigenvalue weighted by Crippen LogP contribution is -2.45. The predicted molar refractivity (Wildman–Crippen MR) is 111 cm³/mol. The third-order valence-corrected chi connectivity index (χ3v) is 5.94. The number of aromatic nitrogens is 2. The van der Waals surface area contributed by atoms with Gasteiger partial charge in [0.2, 0.25) is 11.6 Å². The van der Waals surface area contributed by atoms with Gasteiger partial charge in [0.1, 0.15) is 6.04 Å². The molecule has 1 aromatic carbocycles. The molecule has 1 atom stereocenters. The maximum Gasteiger partial charge on any atom is 0.438 e. The van der Waals surface area contributed by atoms with Crippen LogP contribution < -0.4 is 5.56 Å². The van der Waals surface area contributed by atoms with Crippen LogP contribution in [-0.2, 0) is 20.5 Å². The molecule has 0 aliphatic carbocycles. The van der Waals surface area contributed by atoms with Crippen LogP contribution in [0, 0.1) is 19.8 Å². The Bertz CT molecular complexity index is 1100. The number of ether oxygens (including phenoxy) is 1. The van der Waals surface area contributed by atoms with E-state index in [-0.39, 0.29) is 42.6 Å². The highest BCUT2D eigenvalue weighted by Gasteiger charge is 2.39. The van der Waals surface area contributed by atoms with E-state index in [2.05, 4.69) is 4.98 Å². The number of carbonyl (C=O) groups excluding carboxylic acids is 2. The minimum Gasteiger partial charge on any atom is -0.466 e. The van der Waals surface area contributed by atoms with Crippen molar-refractivity contribution < 1.29 is 27.5 Å². The van der Waals surface area contributed by atoms with Gasteiger partial charge in [-0.1, -0.05) is 0 Å². The summed E-state index contributed by atoms with van der Waals surface area (Å²) in [6.45, 7) is 7.43. The first-order valence-electron chi connectivity index (χ1n) is 10.5. The lowest BCUT2D eigenvalue weighted by Gasteiger charge is -2.33. The summed E-state index contributed by atoms with van der Waals surface area (Å²) in [5.41, 5.74) is -1.23. The Kier molecular flexibility index (Phi) is 6.61. The van der Waals surface area contributed by atoms with Gasteiger partial charge in [0.15, 0.2) is 0 Å². The maximum atomic E-state index is 13.5. The summed E-state index contributed by atoms with van der Waals surface area (Å²) in [5.74, 6) is -1.11. The van der Waals surface area contributed by atoms with Crippen LogP contribution in [0.1, 0.15) is 49.6 Å². The Hall–Kier alpha value is -2.91. The summed E-state index contributed by atoms with van der Waals surface area (Å²) in [6.07, 6.45) is -4.16. The highest BCUT2D eigenvalue weighted by atomic mass is 19.4. The molecule has 1 amide bonds. The van der Waals surface area contributed by atoms with Gasteiger partial charge in [0.25, 0.3) is 5.56 Å². The second kappa shape index (κ2) is 8.91. The zero-order chi connectivity index (χ0) is 23.8. The molecule has 1 aliphatic rings. The number of halogens is 3. The number of rotatable bonds is 4. The molecule has 0 saturated carbocycles. The number of likely N-dealkylation sites (tertiary alicyclic amines) is 1. The van der Waals surface area contributed by atoms with Crippen LogP contribution >= 0.6 is 0 Å². The lowest BCUT2D eigenvalue weighted by atomic mass is 9.96. The molecule has 7 nitrogen and oxygen atoms in total. The smallest absolute Gasteiger partial charge is 0.438 e. The molecule has 1 fully saturated rings. The molecular weight excluding hydrogens is 427 g/mol. The van der Waals surface area contributed by atoms with Crippen LogP contribution in [0.5, 0.6) is 0 Å². The van der Waals surface area contributed by atoms with Gasteiger partial charge in [-0.3, -0.25) is 19.0 Å². The van der Waals surface area contributed by atoms with E-state index in [1.54, 1.807) is 26.8 Å². The van der Waals surface area contributed by atoms with E-state index in [9.17, 15) is 27.6 Å². The molecule has 3 rings (SSSR count). The molecule has 0 bridgehead atoms. The van der Waals surface area contributed by atoms with Crippen molar-refractivity contribution in [1.29, 1.82) is 0 Å². The Balaban J connectivity index is 1.98. The van der Waals surface area contributed by atoms with E-state index in [1.165, 1.54) is 17.9 Å². The second-order valence-electron chi connectivity index (χ2n) is 8.09. The van der Waals surface area contributed by atoms with Crippen molar-refractivity contribution in [1.82, 2.24) is 14.5 Å². The Morgan fingerprint density at radius 1 is 1.19 bits per heavy atom. The maximum absolute atomic E-state index is 13.5. The van der Waals surface area contributed by atoms with Gasteiger partial charge in [0.05, 0.1) is 23.6 Å². The zero-order valence-electron chi connectivity index (χ0n) is 18.5. The first-order chi connectivity index (χ1) is 15.0. The van der Waals surface area contributed by atoms with Crippen molar-refractivity contribution in [3.05, 3.63) is 39.3 Å². The number of carbonyl (C=O) groups is 2. The van der Waals surface area contributed by atoms with Gasteiger partial charge in [0, 0.05) is 13.1 Å². The van der Waals surface area contributed by atoms with Crippen molar-refractivity contribution >= 4 is 22.9 Å². The highest BCUT2D eigenvalue weighted by molar-refractivity contribution is 5.84. The van der Waals surface area contributed by atoms with Crippen LogP contribution in [-0.4, -0.2) is 46.0 Å². The van der Waals surface area contributed by atoms with Gasteiger partial charge < -0.3 is 9.64 Å². The molecule has 0 N–H and O–H groups in total. The van der Waals surface area contributed by atoms with E-state index in [1.807, 2.05) is 0 Å². The van der Waals surface area contributed by atoms with Gasteiger partial charge >= 0.3 is 12.1 Å². The number of esters is 1.